The molecule has 0 amide bonds. The van der Waals surface area contributed by atoms with E-state index in [1.165, 1.54) is 64.2 Å². The van der Waals surface area contributed by atoms with Crippen molar-refractivity contribution in [3.63, 3.8) is 0 Å². The van der Waals surface area contributed by atoms with Gasteiger partial charge in [-0.2, -0.15) is 0 Å². The predicted octanol–water partition coefficient (Wildman–Crippen LogP) is 16.7. The second-order valence-corrected chi connectivity index (χ2v) is 16.1. The average Bonchev–Trinajstić information content (AvgIpc) is 3.28. The smallest absolute Gasteiger partial charge is 0.306 e. The van der Waals surface area contributed by atoms with E-state index in [1.807, 2.05) is 0 Å². The number of allylic oxidation sites excluding steroid dienone is 20. The molecule has 0 rings (SSSR count). The zero-order chi connectivity index (χ0) is 44.9. The molecule has 0 aromatic rings. The third-order valence-corrected chi connectivity index (χ3v) is 10.3. The van der Waals surface area contributed by atoms with E-state index in [4.69, 9.17) is 9.47 Å². The summed E-state index contributed by atoms with van der Waals surface area (Å²) in [7, 11) is 0. The maximum atomic E-state index is 12.3. The Morgan fingerprint density at radius 3 is 0.968 bits per heavy atom. The van der Waals surface area contributed by atoms with Crippen molar-refractivity contribution in [3.8, 4) is 0 Å². The average molecular weight is 857 g/mol. The summed E-state index contributed by atoms with van der Waals surface area (Å²) in [4.78, 5) is 24.4. The molecule has 1 atom stereocenters. The van der Waals surface area contributed by atoms with Crippen molar-refractivity contribution in [3.05, 3.63) is 122 Å². The van der Waals surface area contributed by atoms with Gasteiger partial charge in [-0.15, -0.1) is 0 Å². The fourth-order valence-corrected chi connectivity index (χ4v) is 6.55. The van der Waals surface area contributed by atoms with Crippen LogP contribution in [-0.4, -0.2) is 36.4 Å². The Morgan fingerprint density at radius 2 is 0.645 bits per heavy atom. The molecule has 1 N–H and O–H groups in total. The first-order chi connectivity index (χ1) is 30.6. The molecule has 0 fully saturated rings. The van der Waals surface area contributed by atoms with Crippen molar-refractivity contribution in [1.29, 1.82) is 0 Å². The number of unbranched alkanes of at least 4 members (excludes halogenated alkanes) is 16. The molecule has 0 aliphatic carbocycles. The van der Waals surface area contributed by atoms with Crippen molar-refractivity contribution in [2.45, 2.75) is 213 Å². The van der Waals surface area contributed by atoms with Gasteiger partial charge in [0.05, 0.1) is 6.61 Å². The number of rotatable bonds is 44. The van der Waals surface area contributed by atoms with E-state index in [-0.39, 0.29) is 25.2 Å². The molecule has 5 nitrogen and oxygen atoms in total. The minimum atomic E-state index is -0.792. The van der Waals surface area contributed by atoms with Gasteiger partial charge in [-0.1, -0.05) is 212 Å². The van der Waals surface area contributed by atoms with Crippen LogP contribution in [0.1, 0.15) is 206 Å². The Kier molecular flexibility index (Phi) is 48.6. The van der Waals surface area contributed by atoms with E-state index in [0.717, 1.165) is 116 Å². The highest BCUT2D eigenvalue weighted by molar-refractivity contribution is 5.70. The van der Waals surface area contributed by atoms with Crippen LogP contribution in [0.5, 0.6) is 0 Å². The first-order valence-electron chi connectivity index (χ1n) is 25.1. The number of carbonyl (C=O) groups is 2. The fraction of sp³-hybridized carbons (Fsp3) is 0.614. The lowest BCUT2D eigenvalue weighted by atomic mass is 10.0. The molecule has 0 heterocycles. The van der Waals surface area contributed by atoms with Crippen LogP contribution in [0, 0.1) is 0 Å². The van der Waals surface area contributed by atoms with Crippen molar-refractivity contribution in [1.82, 2.24) is 0 Å². The summed E-state index contributed by atoms with van der Waals surface area (Å²) < 4.78 is 10.6. The summed E-state index contributed by atoms with van der Waals surface area (Å²) >= 11 is 0. The molecule has 0 saturated heterocycles. The topological polar surface area (TPSA) is 72.8 Å². The number of aliphatic hydroxyl groups excluding tert-OH is 1. The van der Waals surface area contributed by atoms with Gasteiger partial charge in [-0.25, -0.2) is 0 Å². The number of ether oxygens (including phenoxy) is 2. The second-order valence-electron chi connectivity index (χ2n) is 16.1. The van der Waals surface area contributed by atoms with Crippen molar-refractivity contribution >= 4 is 11.9 Å². The van der Waals surface area contributed by atoms with E-state index in [1.54, 1.807) is 0 Å². The molecule has 62 heavy (non-hydrogen) atoms. The highest BCUT2D eigenvalue weighted by Gasteiger charge is 2.16. The second kappa shape index (κ2) is 51.6. The minimum Gasteiger partial charge on any atom is -0.462 e. The molecule has 0 aliphatic rings. The van der Waals surface area contributed by atoms with Crippen LogP contribution in [0.25, 0.3) is 0 Å². The lowest BCUT2D eigenvalue weighted by Gasteiger charge is -2.15. The SMILES string of the molecule is CC/C=C\C/C=C\C/C=C\C/C=C\C/C=C\C/C=C\CCCCCCCCCCCCCCC(=O)OC(CO)COC(=O)CCCCCC/C=C\C/C=C\C/C=C\C/C=C\CC. The summed E-state index contributed by atoms with van der Waals surface area (Å²) in [6.45, 7) is 3.88. The summed E-state index contributed by atoms with van der Waals surface area (Å²) in [6, 6.07) is 0. The zero-order valence-corrected chi connectivity index (χ0v) is 39.8. The van der Waals surface area contributed by atoms with Gasteiger partial charge in [-0.05, 0) is 103 Å². The first kappa shape index (κ1) is 58.3. The van der Waals surface area contributed by atoms with E-state index < -0.39 is 6.10 Å². The maximum Gasteiger partial charge on any atom is 0.306 e. The summed E-state index contributed by atoms with van der Waals surface area (Å²) in [6.07, 6.45) is 75.7. The lowest BCUT2D eigenvalue weighted by molar-refractivity contribution is -0.161. The van der Waals surface area contributed by atoms with Gasteiger partial charge in [0.1, 0.15) is 6.61 Å². The van der Waals surface area contributed by atoms with Crippen LogP contribution in [-0.2, 0) is 19.1 Å². The molecule has 0 aromatic carbocycles. The van der Waals surface area contributed by atoms with E-state index in [0.29, 0.717) is 12.8 Å². The largest absolute Gasteiger partial charge is 0.462 e. The molecule has 0 aliphatic heterocycles. The van der Waals surface area contributed by atoms with E-state index in [9.17, 15) is 14.7 Å². The van der Waals surface area contributed by atoms with Gasteiger partial charge in [0.2, 0.25) is 0 Å². The fourth-order valence-electron chi connectivity index (χ4n) is 6.55. The van der Waals surface area contributed by atoms with Crippen LogP contribution in [0.2, 0.25) is 0 Å². The Hall–Kier alpha value is -3.70. The quantitative estimate of drug-likeness (QED) is 0.0375. The molecule has 350 valence electrons. The van der Waals surface area contributed by atoms with E-state index >= 15 is 0 Å². The third-order valence-electron chi connectivity index (χ3n) is 10.3. The monoisotopic (exact) mass is 857 g/mol. The van der Waals surface area contributed by atoms with Crippen LogP contribution in [0.15, 0.2) is 122 Å². The molecular weight excluding hydrogens is 765 g/mol. The van der Waals surface area contributed by atoms with Gasteiger partial charge in [0.15, 0.2) is 6.10 Å². The van der Waals surface area contributed by atoms with Crippen molar-refractivity contribution < 1.29 is 24.2 Å². The number of carbonyl (C=O) groups excluding carboxylic acids is 2. The zero-order valence-electron chi connectivity index (χ0n) is 39.8. The number of esters is 2. The van der Waals surface area contributed by atoms with Crippen LogP contribution >= 0.6 is 0 Å². The van der Waals surface area contributed by atoms with Crippen LogP contribution < -0.4 is 0 Å². The standard InChI is InChI=1S/C57H92O5/c1-3-5-7-9-11-13-15-17-19-21-22-23-24-25-26-27-28-29-30-31-32-33-34-36-38-40-42-44-46-48-50-52-57(60)62-55(53-58)54-61-56(59)51-49-47-45-43-41-39-37-35-20-18-16-14-12-10-8-6-4-2/h5-8,11-14,17-20,22-23,25-26,28-29,37,39,55,58H,3-4,9-10,15-16,21,24,27,30-36,38,40-54H2,1-2H3/b7-5-,8-6-,13-11-,14-12-,19-17-,20-18-,23-22-,26-25-,29-28-,39-37-. The molecule has 0 spiro atoms. The predicted molar refractivity (Wildman–Crippen MR) is 269 cm³/mol. The number of hydrogen-bond acceptors (Lipinski definition) is 5. The summed E-state index contributed by atoms with van der Waals surface area (Å²) in [5, 5.41) is 9.62. The van der Waals surface area contributed by atoms with Gasteiger partial charge >= 0.3 is 11.9 Å². The minimum absolute atomic E-state index is 0.0861. The highest BCUT2D eigenvalue weighted by Crippen LogP contribution is 2.14. The van der Waals surface area contributed by atoms with Gasteiger partial charge < -0.3 is 14.6 Å². The molecule has 0 saturated carbocycles. The Labute approximate surface area is 382 Å². The number of aliphatic hydroxyl groups is 1. The van der Waals surface area contributed by atoms with Gasteiger partial charge in [0, 0.05) is 12.8 Å². The Bertz CT molecular complexity index is 1290. The molecule has 0 aromatic heterocycles. The molecular formula is C57H92O5. The lowest BCUT2D eigenvalue weighted by Crippen LogP contribution is -2.28. The molecule has 1 unspecified atom stereocenters. The third kappa shape index (κ3) is 49.0. The van der Waals surface area contributed by atoms with E-state index in [2.05, 4.69) is 135 Å². The van der Waals surface area contributed by atoms with Crippen molar-refractivity contribution in [2.24, 2.45) is 0 Å². The molecule has 0 bridgehead atoms. The Morgan fingerprint density at radius 1 is 0.371 bits per heavy atom. The first-order valence-corrected chi connectivity index (χ1v) is 25.1. The summed E-state index contributed by atoms with van der Waals surface area (Å²) in [5.74, 6) is -0.628. The molecule has 5 heteroatoms. The Balaban J connectivity index is 3.58. The number of hydrogen-bond donors (Lipinski definition) is 1. The maximum absolute atomic E-state index is 12.3. The van der Waals surface area contributed by atoms with Crippen LogP contribution in [0.3, 0.4) is 0 Å². The van der Waals surface area contributed by atoms with Gasteiger partial charge in [-0.3, -0.25) is 9.59 Å². The van der Waals surface area contributed by atoms with Gasteiger partial charge in [0.25, 0.3) is 0 Å². The highest BCUT2D eigenvalue weighted by atomic mass is 16.6. The van der Waals surface area contributed by atoms with Crippen LogP contribution in [0.4, 0.5) is 0 Å². The summed E-state index contributed by atoms with van der Waals surface area (Å²) in [5.41, 5.74) is 0. The molecule has 0 radical (unpaired) electrons. The normalized spacial score (nSPS) is 13.3. The van der Waals surface area contributed by atoms with Crippen molar-refractivity contribution in [2.75, 3.05) is 13.2 Å².